The molecule has 174 valence electrons. The summed E-state index contributed by atoms with van der Waals surface area (Å²) in [6, 6.07) is 34.7. The third kappa shape index (κ3) is 6.69. The lowest BCUT2D eigenvalue weighted by Crippen LogP contribution is -2.11. The fourth-order valence-electron chi connectivity index (χ4n) is 4.06. The Morgan fingerprint density at radius 3 is 1.32 bits per heavy atom. The Kier molecular flexibility index (Phi) is 8.75. The van der Waals surface area contributed by atoms with Crippen LogP contribution < -0.4 is 20.1 Å². The molecular weight excluding hydrogens is 454 g/mol. The van der Waals surface area contributed by atoms with Gasteiger partial charge < -0.3 is 9.47 Å². The van der Waals surface area contributed by atoms with Crippen molar-refractivity contribution in [3.05, 3.63) is 119 Å². The van der Waals surface area contributed by atoms with Gasteiger partial charge in [0, 0.05) is 0 Å². The molecule has 0 heterocycles. The van der Waals surface area contributed by atoms with Gasteiger partial charge in [-0.05, 0) is 75.4 Å². The van der Waals surface area contributed by atoms with E-state index in [-0.39, 0.29) is 0 Å². The molecule has 0 aliphatic carbocycles. The molecule has 4 aromatic carbocycles. The van der Waals surface area contributed by atoms with Gasteiger partial charge in [0.1, 0.15) is 11.5 Å². The van der Waals surface area contributed by atoms with Gasteiger partial charge in [-0.25, -0.2) is 0 Å². The van der Waals surface area contributed by atoms with Gasteiger partial charge in [-0.3, -0.25) is 0 Å². The number of methoxy groups -OCH3 is 2. The van der Waals surface area contributed by atoms with Crippen LogP contribution in [0, 0.1) is 0 Å². The Labute approximate surface area is 207 Å². The van der Waals surface area contributed by atoms with Crippen molar-refractivity contribution in [2.75, 3.05) is 14.2 Å². The summed E-state index contributed by atoms with van der Waals surface area (Å²) in [5.74, 6) is 1.81. The van der Waals surface area contributed by atoms with Gasteiger partial charge in [0.25, 0.3) is 0 Å². The summed E-state index contributed by atoms with van der Waals surface area (Å²) in [4.78, 5) is 0. The molecule has 2 nitrogen and oxygen atoms in total. The zero-order valence-electron chi connectivity index (χ0n) is 20.0. The molecular formula is C30H32O2P2. The summed E-state index contributed by atoms with van der Waals surface area (Å²) >= 11 is 0. The Balaban J connectivity index is 1.44. The van der Waals surface area contributed by atoms with E-state index >= 15 is 0 Å². The van der Waals surface area contributed by atoms with Crippen LogP contribution in [0.15, 0.2) is 97.1 Å². The third-order valence-electron chi connectivity index (χ3n) is 5.89. The second-order valence-corrected chi connectivity index (χ2v) is 12.3. The zero-order valence-corrected chi connectivity index (χ0v) is 22.0. The lowest BCUT2D eigenvalue weighted by atomic mass is 10.1. The molecule has 2 atom stereocenters. The maximum absolute atomic E-state index is 5.31. The SMILES string of the molecule is COc1ccc(Cc2ccccc2PC(C)Pc2ccccc2Cc2ccc(OC)cc2)cc1. The Bertz CT molecular complexity index is 1090. The molecule has 0 radical (unpaired) electrons. The molecule has 0 saturated carbocycles. The fraction of sp³-hybridized carbons (Fsp3) is 0.200. The first-order valence-electron chi connectivity index (χ1n) is 11.6. The van der Waals surface area contributed by atoms with Gasteiger partial charge in [0.15, 0.2) is 0 Å². The van der Waals surface area contributed by atoms with E-state index in [9.17, 15) is 0 Å². The van der Waals surface area contributed by atoms with Crippen molar-refractivity contribution < 1.29 is 9.47 Å². The topological polar surface area (TPSA) is 18.5 Å². The molecule has 0 aliphatic heterocycles. The van der Waals surface area contributed by atoms with E-state index in [1.54, 1.807) is 14.2 Å². The van der Waals surface area contributed by atoms with Crippen LogP contribution in [0.1, 0.15) is 29.2 Å². The Morgan fingerprint density at radius 2 is 0.941 bits per heavy atom. The monoisotopic (exact) mass is 486 g/mol. The second kappa shape index (κ2) is 12.2. The fourth-order valence-corrected chi connectivity index (χ4v) is 7.31. The Morgan fingerprint density at radius 1 is 0.559 bits per heavy atom. The lowest BCUT2D eigenvalue weighted by Gasteiger charge is -2.18. The van der Waals surface area contributed by atoms with Crippen LogP contribution in [-0.2, 0) is 12.8 Å². The van der Waals surface area contributed by atoms with Gasteiger partial charge in [0.05, 0.1) is 14.2 Å². The van der Waals surface area contributed by atoms with Crippen molar-refractivity contribution in [3.63, 3.8) is 0 Å². The van der Waals surface area contributed by atoms with Crippen LogP contribution in [0.5, 0.6) is 11.5 Å². The molecule has 0 bridgehead atoms. The average molecular weight is 487 g/mol. The molecule has 4 rings (SSSR count). The first-order chi connectivity index (χ1) is 16.6. The van der Waals surface area contributed by atoms with Gasteiger partial charge >= 0.3 is 0 Å². The highest BCUT2D eigenvalue weighted by atomic mass is 31.1. The zero-order chi connectivity index (χ0) is 23.8. The summed E-state index contributed by atoms with van der Waals surface area (Å²) in [5.41, 5.74) is 5.49. The quantitative estimate of drug-likeness (QED) is 0.237. The predicted octanol–water partition coefficient (Wildman–Crippen LogP) is 6.54. The average Bonchev–Trinajstić information content (AvgIpc) is 2.87. The Hall–Kier alpha value is -2.66. The minimum absolute atomic E-state index is 0.606. The smallest absolute Gasteiger partial charge is 0.118 e. The van der Waals surface area contributed by atoms with Crippen molar-refractivity contribution in [2.24, 2.45) is 0 Å². The molecule has 0 aliphatic rings. The minimum Gasteiger partial charge on any atom is -0.497 e. The number of hydrogen-bond acceptors (Lipinski definition) is 2. The van der Waals surface area contributed by atoms with E-state index in [2.05, 4.69) is 79.7 Å². The van der Waals surface area contributed by atoms with Crippen LogP contribution in [0.2, 0.25) is 0 Å². The van der Waals surface area contributed by atoms with E-state index < -0.39 is 0 Å². The lowest BCUT2D eigenvalue weighted by molar-refractivity contribution is 0.414. The van der Waals surface area contributed by atoms with E-state index in [1.165, 1.54) is 32.9 Å². The highest BCUT2D eigenvalue weighted by Gasteiger charge is 2.12. The molecule has 0 saturated heterocycles. The van der Waals surface area contributed by atoms with Crippen LogP contribution in [0.3, 0.4) is 0 Å². The van der Waals surface area contributed by atoms with Gasteiger partial charge in [-0.2, -0.15) is 0 Å². The number of benzene rings is 4. The molecule has 34 heavy (non-hydrogen) atoms. The molecule has 4 aromatic rings. The van der Waals surface area contributed by atoms with Gasteiger partial charge in [-0.15, -0.1) is 0 Å². The summed E-state index contributed by atoms with van der Waals surface area (Å²) in [6.45, 7) is 2.39. The predicted molar refractivity (Wildman–Crippen MR) is 150 cm³/mol. The van der Waals surface area contributed by atoms with Crippen LogP contribution in [0.4, 0.5) is 0 Å². The molecule has 2 unspecified atom stereocenters. The van der Waals surface area contributed by atoms with Crippen molar-refractivity contribution in [1.82, 2.24) is 0 Å². The molecule has 0 amide bonds. The number of hydrogen-bond donors (Lipinski definition) is 0. The maximum atomic E-state index is 5.31. The summed E-state index contributed by atoms with van der Waals surface area (Å²) in [7, 11) is 4.99. The normalized spacial score (nSPS) is 12.4. The van der Waals surface area contributed by atoms with E-state index in [4.69, 9.17) is 9.47 Å². The van der Waals surface area contributed by atoms with Gasteiger partial charge in [-0.1, -0.05) is 96.9 Å². The van der Waals surface area contributed by atoms with E-state index in [0.29, 0.717) is 5.40 Å². The summed E-state index contributed by atoms with van der Waals surface area (Å²) < 4.78 is 10.6. The standard InChI is InChI=1S/C30H32O2P2/c1-22(33-29-10-6-4-8-25(29)20-23-12-16-27(31-2)17-13-23)34-30-11-7-5-9-26(30)21-24-14-18-28(32-3)19-15-24/h4-19,22,33-34H,20-21H2,1-3H3. The third-order valence-corrected chi connectivity index (χ3v) is 9.22. The first-order valence-corrected chi connectivity index (χ1v) is 13.7. The van der Waals surface area contributed by atoms with Crippen molar-refractivity contribution in [2.45, 2.75) is 25.2 Å². The summed E-state index contributed by atoms with van der Waals surface area (Å²) in [5, 5.41) is 3.56. The maximum Gasteiger partial charge on any atom is 0.118 e. The van der Waals surface area contributed by atoms with Crippen molar-refractivity contribution >= 4 is 27.8 Å². The molecule has 0 fully saturated rings. The van der Waals surface area contributed by atoms with Crippen LogP contribution >= 0.6 is 17.2 Å². The molecule has 4 heteroatoms. The first kappa shape index (κ1) is 24.5. The summed E-state index contributed by atoms with van der Waals surface area (Å²) in [6.07, 6.45) is 1.91. The molecule has 0 aromatic heterocycles. The van der Waals surface area contributed by atoms with Crippen molar-refractivity contribution in [3.8, 4) is 11.5 Å². The van der Waals surface area contributed by atoms with E-state index in [1.807, 2.05) is 24.3 Å². The highest BCUT2D eigenvalue weighted by molar-refractivity contribution is 7.65. The number of rotatable bonds is 10. The van der Waals surface area contributed by atoms with Crippen LogP contribution in [-0.4, -0.2) is 19.6 Å². The second-order valence-electron chi connectivity index (χ2n) is 8.37. The van der Waals surface area contributed by atoms with Crippen molar-refractivity contribution in [1.29, 1.82) is 0 Å². The minimum atomic E-state index is 0.606. The van der Waals surface area contributed by atoms with E-state index in [0.717, 1.165) is 41.5 Å². The van der Waals surface area contributed by atoms with Crippen LogP contribution in [0.25, 0.3) is 0 Å². The largest absolute Gasteiger partial charge is 0.497 e. The molecule has 0 N–H and O–H groups in total. The number of ether oxygens (including phenoxy) is 2. The highest BCUT2D eigenvalue weighted by Crippen LogP contribution is 2.35. The van der Waals surface area contributed by atoms with Gasteiger partial charge in [0.2, 0.25) is 0 Å². The molecule has 0 spiro atoms.